The Bertz CT molecular complexity index is 450. The molecular weight excluding hydrogens is 276 g/mol. The molecule has 0 spiro atoms. The van der Waals surface area contributed by atoms with E-state index in [0.717, 1.165) is 6.07 Å². The maximum Gasteiger partial charge on any atom is 0.159 e. The first-order chi connectivity index (χ1) is 9.75. The SMILES string of the molecule is COCC(NCC(C)(C)CC(C)O)c1ccc(F)c(F)c1. The van der Waals surface area contributed by atoms with Crippen LogP contribution in [0.3, 0.4) is 0 Å². The number of ether oxygens (including phenoxy) is 1. The minimum Gasteiger partial charge on any atom is -0.393 e. The zero-order valence-corrected chi connectivity index (χ0v) is 13.1. The fourth-order valence-corrected chi connectivity index (χ4v) is 2.44. The summed E-state index contributed by atoms with van der Waals surface area (Å²) in [6.07, 6.45) is 0.267. The Morgan fingerprint density at radius 1 is 1.29 bits per heavy atom. The molecule has 0 saturated heterocycles. The molecule has 1 aromatic carbocycles. The van der Waals surface area contributed by atoms with Crippen molar-refractivity contribution in [1.82, 2.24) is 5.32 Å². The van der Waals surface area contributed by atoms with Crippen LogP contribution in [-0.2, 0) is 4.74 Å². The molecule has 0 fully saturated rings. The molecule has 2 unspecified atom stereocenters. The Balaban J connectivity index is 2.75. The lowest BCUT2D eigenvalue weighted by Gasteiger charge is -2.29. The zero-order valence-electron chi connectivity index (χ0n) is 13.1. The van der Waals surface area contributed by atoms with E-state index in [1.54, 1.807) is 20.1 Å². The monoisotopic (exact) mass is 301 g/mol. The predicted molar refractivity (Wildman–Crippen MR) is 79.1 cm³/mol. The average Bonchev–Trinajstić information content (AvgIpc) is 2.36. The third-order valence-corrected chi connectivity index (χ3v) is 3.35. The molecule has 0 aromatic heterocycles. The Hall–Kier alpha value is -1.04. The normalized spacial score (nSPS) is 15.0. The highest BCUT2D eigenvalue weighted by molar-refractivity contribution is 5.21. The quantitative estimate of drug-likeness (QED) is 0.775. The summed E-state index contributed by atoms with van der Waals surface area (Å²) in [5, 5.41) is 12.8. The van der Waals surface area contributed by atoms with Crippen LogP contribution in [0, 0.1) is 17.0 Å². The highest BCUT2D eigenvalue weighted by Crippen LogP contribution is 2.24. The number of hydrogen-bond acceptors (Lipinski definition) is 3. The first-order valence-electron chi connectivity index (χ1n) is 7.10. The second-order valence-corrected chi connectivity index (χ2v) is 6.28. The second-order valence-electron chi connectivity index (χ2n) is 6.28. The zero-order chi connectivity index (χ0) is 16.0. The molecular formula is C16H25F2NO2. The number of aliphatic hydroxyl groups excluding tert-OH is 1. The fraction of sp³-hybridized carbons (Fsp3) is 0.625. The van der Waals surface area contributed by atoms with Crippen molar-refractivity contribution >= 4 is 0 Å². The maximum absolute atomic E-state index is 13.3. The fourth-order valence-electron chi connectivity index (χ4n) is 2.44. The summed E-state index contributed by atoms with van der Waals surface area (Å²) in [6.45, 7) is 6.83. The molecule has 0 aliphatic heterocycles. The van der Waals surface area contributed by atoms with Crippen molar-refractivity contribution in [2.75, 3.05) is 20.3 Å². The van der Waals surface area contributed by atoms with Crippen LogP contribution in [0.15, 0.2) is 18.2 Å². The molecule has 0 radical (unpaired) electrons. The molecule has 0 heterocycles. The van der Waals surface area contributed by atoms with Gasteiger partial charge in [0.1, 0.15) is 0 Å². The third-order valence-electron chi connectivity index (χ3n) is 3.35. The Kier molecular flexibility index (Phi) is 6.71. The van der Waals surface area contributed by atoms with Crippen LogP contribution in [-0.4, -0.2) is 31.5 Å². The topological polar surface area (TPSA) is 41.5 Å². The van der Waals surface area contributed by atoms with Crippen molar-refractivity contribution in [1.29, 1.82) is 0 Å². The van der Waals surface area contributed by atoms with E-state index >= 15 is 0 Å². The predicted octanol–water partition coefficient (Wildman–Crippen LogP) is 3.04. The van der Waals surface area contributed by atoms with Gasteiger partial charge in [-0.15, -0.1) is 0 Å². The van der Waals surface area contributed by atoms with Crippen molar-refractivity contribution in [2.45, 2.75) is 39.3 Å². The molecule has 1 aromatic rings. The third kappa shape index (κ3) is 6.08. The molecule has 0 saturated carbocycles. The number of aliphatic hydroxyl groups is 1. The standard InChI is InChI=1S/C16H25F2NO2/c1-11(20)8-16(2,3)10-19-15(9-21-4)12-5-6-13(17)14(18)7-12/h5-7,11,15,19-20H,8-10H2,1-4H3. The van der Waals surface area contributed by atoms with Crippen molar-refractivity contribution in [2.24, 2.45) is 5.41 Å². The van der Waals surface area contributed by atoms with Gasteiger partial charge in [0.05, 0.1) is 18.8 Å². The van der Waals surface area contributed by atoms with E-state index in [1.807, 2.05) is 13.8 Å². The molecule has 0 aliphatic rings. The second kappa shape index (κ2) is 7.82. The molecule has 0 bridgehead atoms. The molecule has 1 rings (SSSR count). The van der Waals surface area contributed by atoms with Crippen molar-refractivity contribution in [3.63, 3.8) is 0 Å². The van der Waals surface area contributed by atoms with Gasteiger partial charge in [-0.05, 0) is 36.5 Å². The van der Waals surface area contributed by atoms with E-state index in [0.29, 0.717) is 25.1 Å². The Morgan fingerprint density at radius 2 is 1.95 bits per heavy atom. The number of benzene rings is 1. The van der Waals surface area contributed by atoms with Gasteiger partial charge in [-0.2, -0.15) is 0 Å². The van der Waals surface area contributed by atoms with Crippen LogP contribution in [0.4, 0.5) is 8.78 Å². The van der Waals surface area contributed by atoms with E-state index in [1.165, 1.54) is 6.07 Å². The van der Waals surface area contributed by atoms with Crippen molar-refractivity contribution in [3.8, 4) is 0 Å². The first kappa shape index (κ1) is 18.0. The van der Waals surface area contributed by atoms with Gasteiger partial charge in [-0.25, -0.2) is 8.78 Å². The summed E-state index contributed by atoms with van der Waals surface area (Å²) in [6, 6.07) is 3.64. The molecule has 21 heavy (non-hydrogen) atoms. The largest absolute Gasteiger partial charge is 0.393 e. The summed E-state index contributed by atoms with van der Waals surface area (Å²) >= 11 is 0. The van der Waals surface area contributed by atoms with Crippen LogP contribution in [0.5, 0.6) is 0 Å². The van der Waals surface area contributed by atoms with Crippen LogP contribution >= 0.6 is 0 Å². The van der Waals surface area contributed by atoms with Gasteiger partial charge < -0.3 is 15.2 Å². The van der Waals surface area contributed by atoms with E-state index in [-0.39, 0.29) is 17.6 Å². The lowest BCUT2D eigenvalue weighted by molar-refractivity contribution is 0.118. The van der Waals surface area contributed by atoms with Crippen LogP contribution in [0.1, 0.15) is 38.8 Å². The molecule has 3 nitrogen and oxygen atoms in total. The first-order valence-corrected chi connectivity index (χ1v) is 7.10. The molecule has 120 valence electrons. The van der Waals surface area contributed by atoms with Gasteiger partial charge >= 0.3 is 0 Å². The summed E-state index contributed by atoms with van der Waals surface area (Å²) in [5.74, 6) is -1.72. The van der Waals surface area contributed by atoms with Crippen LogP contribution in [0.25, 0.3) is 0 Å². The van der Waals surface area contributed by atoms with Crippen molar-refractivity contribution < 1.29 is 18.6 Å². The Morgan fingerprint density at radius 3 is 2.48 bits per heavy atom. The van der Waals surface area contributed by atoms with Gasteiger partial charge in [0.15, 0.2) is 11.6 Å². The van der Waals surface area contributed by atoms with Gasteiger partial charge in [0.25, 0.3) is 0 Å². The lowest BCUT2D eigenvalue weighted by atomic mass is 9.86. The summed E-state index contributed by atoms with van der Waals surface area (Å²) in [4.78, 5) is 0. The minimum atomic E-state index is -0.862. The average molecular weight is 301 g/mol. The van der Waals surface area contributed by atoms with Gasteiger partial charge in [0, 0.05) is 13.7 Å². The van der Waals surface area contributed by atoms with Gasteiger partial charge in [-0.3, -0.25) is 0 Å². The molecule has 2 atom stereocenters. The highest BCUT2D eigenvalue weighted by atomic mass is 19.2. The summed E-state index contributed by atoms with van der Waals surface area (Å²) < 4.78 is 31.5. The number of halogens is 2. The minimum absolute atomic E-state index is 0.112. The highest BCUT2D eigenvalue weighted by Gasteiger charge is 2.22. The van der Waals surface area contributed by atoms with E-state index in [9.17, 15) is 13.9 Å². The lowest BCUT2D eigenvalue weighted by Crippen LogP contribution is -2.36. The van der Waals surface area contributed by atoms with E-state index in [2.05, 4.69) is 5.32 Å². The van der Waals surface area contributed by atoms with Crippen molar-refractivity contribution in [3.05, 3.63) is 35.4 Å². The number of hydrogen-bond donors (Lipinski definition) is 2. The smallest absolute Gasteiger partial charge is 0.159 e. The van der Waals surface area contributed by atoms with Gasteiger partial charge in [0.2, 0.25) is 0 Å². The maximum atomic E-state index is 13.3. The van der Waals surface area contributed by atoms with Crippen LogP contribution in [0.2, 0.25) is 0 Å². The van der Waals surface area contributed by atoms with E-state index < -0.39 is 11.6 Å². The number of rotatable bonds is 8. The summed E-state index contributed by atoms with van der Waals surface area (Å²) in [5.41, 5.74) is 0.530. The van der Waals surface area contributed by atoms with Crippen LogP contribution < -0.4 is 5.32 Å². The Labute approximate surface area is 125 Å². The van der Waals surface area contributed by atoms with E-state index in [4.69, 9.17) is 4.74 Å². The molecule has 0 amide bonds. The van der Waals surface area contributed by atoms with Gasteiger partial charge in [-0.1, -0.05) is 19.9 Å². The number of nitrogens with one attached hydrogen (secondary N) is 1. The molecule has 5 heteroatoms. The summed E-state index contributed by atoms with van der Waals surface area (Å²) in [7, 11) is 1.56. The molecule has 2 N–H and O–H groups in total. The molecule has 0 aliphatic carbocycles. The number of methoxy groups -OCH3 is 1.